The highest BCUT2D eigenvalue weighted by Crippen LogP contribution is 2.24. The number of nitrogens with zero attached hydrogens (tertiary/aromatic N) is 2. The summed E-state index contributed by atoms with van der Waals surface area (Å²) in [6.45, 7) is 5.76. The van der Waals surface area contributed by atoms with Gasteiger partial charge in [-0.1, -0.05) is 20.8 Å². The number of hydrogen-bond donors (Lipinski definition) is 0. The van der Waals surface area contributed by atoms with Crippen molar-refractivity contribution in [1.29, 1.82) is 0 Å². The molecule has 0 spiro atoms. The van der Waals surface area contributed by atoms with E-state index in [4.69, 9.17) is 0 Å². The normalized spacial score (nSPS) is 8.94. The molecule has 1 aromatic carbocycles. The Morgan fingerprint density at radius 3 is 2.06 bits per heavy atom. The Morgan fingerprint density at radius 2 is 1.69 bits per heavy atom. The van der Waals surface area contributed by atoms with Crippen LogP contribution in [0.3, 0.4) is 0 Å². The van der Waals surface area contributed by atoms with Crippen molar-refractivity contribution in [3.8, 4) is 0 Å². The van der Waals surface area contributed by atoms with Crippen LogP contribution in [-0.4, -0.2) is 9.85 Å². The van der Waals surface area contributed by atoms with Crippen molar-refractivity contribution in [2.45, 2.75) is 27.2 Å². The van der Waals surface area contributed by atoms with Crippen molar-refractivity contribution < 1.29 is 9.85 Å². The maximum absolute atomic E-state index is 10.5. The molecule has 0 aliphatic rings. The summed E-state index contributed by atoms with van der Waals surface area (Å²) in [5, 5.41) is 20.9. The predicted octanol–water partition coefficient (Wildman–Crippen LogP) is 3.09. The van der Waals surface area contributed by atoms with Gasteiger partial charge in [-0.05, 0) is 12.5 Å². The number of benzene rings is 1. The second kappa shape index (κ2) is 6.49. The van der Waals surface area contributed by atoms with Gasteiger partial charge in [-0.25, -0.2) is 0 Å². The zero-order valence-corrected chi connectivity index (χ0v) is 9.47. The number of hydrogen-bond acceptors (Lipinski definition) is 4. The van der Waals surface area contributed by atoms with Crippen molar-refractivity contribution in [1.82, 2.24) is 0 Å². The Labute approximate surface area is 93.2 Å². The van der Waals surface area contributed by atoms with E-state index in [0.29, 0.717) is 12.0 Å². The molecular formula is C10H14N2O4. The van der Waals surface area contributed by atoms with E-state index >= 15 is 0 Å². The zero-order chi connectivity index (χ0) is 12.7. The van der Waals surface area contributed by atoms with Crippen LogP contribution in [0.1, 0.15) is 26.3 Å². The van der Waals surface area contributed by atoms with Crippen molar-refractivity contribution >= 4 is 11.4 Å². The predicted molar refractivity (Wildman–Crippen MR) is 60.5 cm³/mol. The highest BCUT2D eigenvalue weighted by Gasteiger charge is 2.17. The van der Waals surface area contributed by atoms with Crippen molar-refractivity contribution in [3.63, 3.8) is 0 Å². The quantitative estimate of drug-likeness (QED) is 0.585. The molecule has 88 valence electrons. The van der Waals surface area contributed by atoms with Crippen LogP contribution in [0.5, 0.6) is 0 Å². The fourth-order valence-corrected chi connectivity index (χ4v) is 1.13. The fourth-order valence-electron chi connectivity index (χ4n) is 1.13. The van der Waals surface area contributed by atoms with Gasteiger partial charge < -0.3 is 0 Å². The van der Waals surface area contributed by atoms with E-state index in [1.54, 1.807) is 6.92 Å². The maximum Gasteiger partial charge on any atom is 0.279 e. The van der Waals surface area contributed by atoms with Crippen LogP contribution in [-0.2, 0) is 6.42 Å². The number of rotatable bonds is 3. The lowest BCUT2D eigenvalue weighted by atomic mass is 10.1. The molecule has 6 nitrogen and oxygen atoms in total. The zero-order valence-electron chi connectivity index (χ0n) is 9.47. The molecule has 0 bridgehead atoms. The van der Waals surface area contributed by atoms with Gasteiger partial charge >= 0.3 is 0 Å². The second-order valence-corrected chi connectivity index (χ2v) is 2.68. The maximum atomic E-state index is 10.5. The van der Waals surface area contributed by atoms with Gasteiger partial charge in [-0.3, -0.25) is 20.2 Å². The van der Waals surface area contributed by atoms with E-state index < -0.39 is 9.85 Å². The van der Waals surface area contributed by atoms with Crippen molar-refractivity contribution in [2.75, 3.05) is 0 Å². The van der Waals surface area contributed by atoms with E-state index in [2.05, 4.69) is 0 Å². The Balaban J connectivity index is 0.00000106. The number of non-ortho nitro benzene ring substituents is 1. The molecule has 0 aliphatic heterocycles. The average Bonchev–Trinajstić information content (AvgIpc) is 2.30. The summed E-state index contributed by atoms with van der Waals surface area (Å²) in [7, 11) is 0. The van der Waals surface area contributed by atoms with Crippen LogP contribution in [0.4, 0.5) is 11.4 Å². The molecule has 1 aromatic rings. The third-order valence-electron chi connectivity index (χ3n) is 1.86. The van der Waals surface area contributed by atoms with Gasteiger partial charge in [-0.2, -0.15) is 0 Å². The van der Waals surface area contributed by atoms with E-state index in [1.807, 2.05) is 13.8 Å². The minimum Gasteiger partial charge on any atom is -0.258 e. The smallest absolute Gasteiger partial charge is 0.258 e. The van der Waals surface area contributed by atoms with Gasteiger partial charge in [0.25, 0.3) is 11.4 Å². The first-order chi connectivity index (χ1) is 7.56. The molecule has 0 aliphatic carbocycles. The summed E-state index contributed by atoms with van der Waals surface area (Å²) in [4.78, 5) is 19.6. The van der Waals surface area contributed by atoms with Crippen molar-refractivity contribution in [2.24, 2.45) is 0 Å². The molecule has 0 N–H and O–H groups in total. The lowest BCUT2D eigenvalue weighted by molar-refractivity contribution is -0.394. The molecule has 1 rings (SSSR count). The Hall–Kier alpha value is -1.98. The number of aryl methyl sites for hydroxylation is 1. The lowest BCUT2D eigenvalue weighted by Crippen LogP contribution is -1.96. The summed E-state index contributed by atoms with van der Waals surface area (Å²) in [6, 6.07) is 3.67. The van der Waals surface area contributed by atoms with Crippen LogP contribution < -0.4 is 0 Å². The molecule has 0 saturated heterocycles. The van der Waals surface area contributed by atoms with Gasteiger partial charge in [0, 0.05) is 11.6 Å². The molecule has 0 aromatic heterocycles. The Kier molecular flexibility index (Phi) is 5.69. The molecule has 0 unspecified atom stereocenters. The standard InChI is InChI=1S/C8H8N2O4.C2H6/c1-2-6-3-4-7(9(11)12)5-8(6)10(13)14;1-2/h3-5H,2H2,1H3;1-2H3. The monoisotopic (exact) mass is 226 g/mol. The number of nitro benzene ring substituents is 2. The highest BCUT2D eigenvalue weighted by molar-refractivity contribution is 5.48. The number of nitro groups is 2. The molecule has 0 fully saturated rings. The van der Waals surface area contributed by atoms with Gasteiger partial charge in [0.2, 0.25) is 0 Å². The van der Waals surface area contributed by atoms with E-state index in [9.17, 15) is 20.2 Å². The third-order valence-corrected chi connectivity index (χ3v) is 1.86. The van der Waals surface area contributed by atoms with Crippen LogP contribution in [0, 0.1) is 20.2 Å². The molecule has 16 heavy (non-hydrogen) atoms. The topological polar surface area (TPSA) is 86.3 Å². The van der Waals surface area contributed by atoms with Gasteiger partial charge in [-0.15, -0.1) is 0 Å². The van der Waals surface area contributed by atoms with Gasteiger partial charge in [0.1, 0.15) is 0 Å². The molecule has 0 saturated carbocycles. The van der Waals surface area contributed by atoms with Crippen LogP contribution >= 0.6 is 0 Å². The Bertz CT molecular complexity index is 390. The summed E-state index contributed by atoms with van der Waals surface area (Å²) < 4.78 is 0. The first kappa shape index (κ1) is 14.0. The van der Waals surface area contributed by atoms with Crippen molar-refractivity contribution in [3.05, 3.63) is 44.0 Å². The second-order valence-electron chi connectivity index (χ2n) is 2.68. The molecule has 0 atom stereocenters. The SMILES string of the molecule is CC.CCc1ccc([N+](=O)[O-])cc1[N+](=O)[O-]. The van der Waals surface area contributed by atoms with Gasteiger partial charge in [0.05, 0.1) is 15.9 Å². The highest BCUT2D eigenvalue weighted by atomic mass is 16.6. The molecule has 6 heteroatoms. The minimum absolute atomic E-state index is 0.193. The molecule has 0 amide bonds. The summed E-state index contributed by atoms with van der Waals surface area (Å²) in [6.07, 6.45) is 0.480. The summed E-state index contributed by atoms with van der Waals surface area (Å²) >= 11 is 0. The fraction of sp³-hybridized carbons (Fsp3) is 0.400. The summed E-state index contributed by atoms with van der Waals surface area (Å²) in [5.41, 5.74) is 0.0520. The summed E-state index contributed by atoms with van der Waals surface area (Å²) in [5.74, 6) is 0. The minimum atomic E-state index is -0.646. The molecule has 0 radical (unpaired) electrons. The molecular weight excluding hydrogens is 212 g/mol. The Morgan fingerprint density at radius 1 is 1.12 bits per heavy atom. The van der Waals surface area contributed by atoms with E-state index in [0.717, 1.165) is 6.07 Å². The largest absolute Gasteiger partial charge is 0.279 e. The first-order valence-corrected chi connectivity index (χ1v) is 4.98. The first-order valence-electron chi connectivity index (χ1n) is 4.98. The van der Waals surface area contributed by atoms with Crippen LogP contribution in [0.2, 0.25) is 0 Å². The van der Waals surface area contributed by atoms with Gasteiger partial charge in [0.15, 0.2) is 0 Å². The van der Waals surface area contributed by atoms with E-state index in [-0.39, 0.29) is 11.4 Å². The van der Waals surface area contributed by atoms with Crippen LogP contribution in [0.15, 0.2) is 18.2 Å². The molecule has 0 heterocycles. The average molecular weight is 226 g/mol. The van der Waals surface area contributed by atoms with E-state index in [1.165, 1.54) is 12.1 Å². The van der Waals surface area contributed by atoms with Crippen LogP contribution in [0.25, 0.3) is 0 Å². The third kappa shape index (κ3) is 3.30. The lowest BCUT2D eigenvalue weighted by Gasteiger charge is -1.98.